The summed E-state index contributed by atoms with van der Waals surface area (Å²) < 4.78 is 7.06. The first-order chi connectivity index (χ1) is 11.1. The zero-order valence-corrected chi connectivity index (χ0v) is 13.5. The maximum Gasteiger partial charge on any atom is 0.255 e. The Balaban J connectivity index is 1.89. The molecule has 2 heterocycles. The molecule has 1 N–H and O–H groups in total. The number of hydrogen-bond donors (Lipinski definition) is 1. The molecule has 3 aromatic rings. The molecule has 0 saturated heterocycles. The van der Waals surface area contributed by atoms with Crippen LogP contribution in [0.5, 0.6) is 0 Å². The second kappa shape index (κ2) is 6.12. The minimum Gasteiger partial charge on any atom is -0.467 e. The number of nitrogens with one attached hydrogen (secondary N) is 1. The summed E-state index contributed by atoms with van der Waals surface area (Å²) >= 11 is 0. The first-order valence-corrected chi connectivity index (χ1v) is 7.50. The van der Waals surface area contributed by atoms with Gasteiger partial charge in [0.25, 0.3) is 5.91 Å². The molecule has 0 saturated carbocycles. The third kappa shape index (κ3) is 2.90. The summed E-state index contributed by atoms with van der Waals surface area (Å²) in [4.78, 5) is 12.5. The third-order valence-corrected chi connectivity index (χ3v) is 3.87. The van der Waals surface area contributed by atoms with Crippen molar-refractivity contribution in [3.63, 3.8) is 0 Å². The summed E-state index contributed by atoms with van der Waals surface area (Å²) in [5.41, 5.74) is 4.25. The average molecular weight is 309 g/mol. The predicted molar refractivity (Wildman–Crippen MR) is 87.7 cm³/mol. The van der Waals surface area contributed by atoms with Crippen molar-refractivity contribution in [1.29, 1.82) is 0 Å². The standard InChI is InChI=1S/C18H19N3O2/c1-12-7-4-5-9-16(12)21-14(3)17(13(2)20-21)18(22)19-11-15-8-6-10-23-15/h4-10H,11H2,1-3H3,(H,19,22). The van der Waals surface area contributed by atoms with Gasteiger partial charge in [0.2, 0.25) is 0 Å². The Labute approximate surface area is 134 Å². The number of aryl methyl sites for hydroxylation is 2. The molecule has 0 spiro atoms. The number of aromatic nitrogens is 2. The Hall–Kier alpha value is -2.82. The average Bonchev–Trinajstić information content (AvgIpc) is 3.14. The lowest BCUT2D eigenvalue weighted by Gasteiger charge is -2.08. The molecule has 1 amide bonds. The summed E-state index contributed by atoms with van der Waals surface area (Å²) in [5, 5.41) is 7.42. The van der Waals surface area contributed by atoms with Crippen molar-refractivity contribution in [2.75, 3.05) is 0 Å². The van der Waals surface area contributed by atoms with Crippen molar-refractivity contribution in [1.82, 2.24) is 15.1 Å². The first kappa shape index (κ1) is 15.1. The normalized spacial score (nSPS) is 10.7. The van der Waals surface area contributed by atoms with Crippen LogP contribution >= 0.6 is 0 Å². The number of para-hydroxylation sites is 1. The highest BCUT2D eigenvalue weighted by molar-refractivity contribution is 5.96. The molecule has 0 atom stereocenters. The zero-order chi connectivity index (χ0) is 16.4. The lowest BCUT2D eigenvalue weighted by molar-refractivity contribution is 0.0947. The fraction of sp³-hybridized carbons (Fsp3) is 0.222. The maximum absolute atomic E-state index is 12.5. The van der Waals surface area contributed by atoms with Crippen molar-refractivity contribution < 1.29 is 9.21 Å². The molecule has 5 heteroatoms. The van der Waals surface area contributed by atoms with Gasteiger partial charge in [0.05, 0.1) is 35.4 Å². The number of hydrogen-bond acceptors (Lipinski definition) is 3. The van der Waals surface area contributed by atoms with Crippen LogP contribution in [0.3, 0.4) is 0 Å². The predicted octanol–water partition coefficient (Wildman–Crippen LogP) is 3.32. The van der Waals surface area contributed by atoms with Crippen molar-refractivity contribution in [2.24, 2.45) is 0 Å². The summed E-state index contributed by atoms with van der Waals surface area (Å²) in [6.45, 7) is 6.15. The topological polar surface area (TPSA) is 60.1 Å². The number of benzene rings is 1. The summed E-state index contributed by atoms with van der Waals surface area (Å²) in [6, 6.07) is 11.6. The highest BCUT2D eigenvalue weighted by atomic mass is 16.3. The van der Waals surface area contributed by atoms with Crippen LogP contribution in [0, 0.1) is 20.8 Å². The highest BCUT2D eigenvalue weighted by Crippen LogP contribution is 2.20. The number of amides is 1. The minimum absolute atomic E-state index is 0.142. The minimum atomic E-state index is -0.142. The molecule has 0 radical (unpaired) electrons. The van der Waals surface area contributed by atoms with Crippen molar-refractivity contribution >= 4 is 5.91 Å². The second-order valence-corrected chi connectivity index (χ2v) is 5.51. The SMILES string of the molecule is Cc1ccccc1-n1nc(C)c(C(=O)NCc2ccco2)c1C. The van der Waals surface area contributed by atoms with Gasteiger partial charge in [-0.25, -0.2) is 4.68 Å². The van der Waals surface area contributed by atoms with Crippen LogP contribution in [0.15, 0.2) is 47.1 Å². The van der Waals surface area contributed by atoms with Gasteiger partial charge < -0.3 is 9.73 Å². The second-order valence-electron chi connectivity index (χ2n) is 5.51. The molecule has 118 valence electrons. The first-order valence-electron chi connectivity index (χ1n) is 7.50. The molecule has 0 bridgehead atoms. The summed E-state index contributed by atoms with van der Waals surface area (Å²) in [7, 11) is 0. The van der Waals surface area contributed by atoms with Gasteiger partial charge in [-0.3, -0.25) is 4.79 Å². The van der Waals surface area contributed by atoms with Gasteiger partial charge in [0.1, 0.15) is 5.76 Å². The molecule has 0 fully saturated rings. The fourth-order valence-corrected chi connectivity index (χ4v) is 2.68. The van der Waals surface area contributed by atoms with Gasteiger partial charge in [-0.2, -0.15) is 5.10 Å². The molecule has 0 aliphatic heterocycles. The number of nitrogens with zero attached hydrogens (tertiary/aromatic N) is 2. The van der Waals surface area contributed by atoms with E-state index in [1.165, 1.54) is 0 Å². The smallest absolute Gasteiger partial charge is 0.255 e. The van der Waals surface area contributed by atoms with E-state index in [2.05, 4.69) is 10.4 Å². The molecule has 5 nitrogen and oxygen atoms in total. The van der Waals surface area contributed by atoms with E-state index in [1.807, 2.05) is 55.8 Å². The maximum atomic E-state index is 12.5. The molecule has 0 aliphatic carbocycles. The van der Waals surface area contributed by atoms with Crippen molar-refractivity contribution in [3.8, 4) is 5.69 Å². The largest absolute Gasteiger partial charge is 0.467 e. The molecule has 1 aromatic carbocycles. The monoisotopic (exact) mass is 309 g/mol. The number of carbonyl (C=O) groups excluding carboxylic acids is 1. The van der Waals surface area contributed by atoms with Crippen LogP contribution in [0.4, 0.5) is 0 Å². The van der Waals surface area contributed by atoms with E-state index in [0.29, 0.717) is 17.8 Å². The number of furan rings is 1. The van der Waals surface area contributed by atoms with Gasteiger partial charge >= 0.3 is 0 Å². The quantitative estimate of drug-likeness (QED) is 0.804. The fourth-order valence-electron chi connectivity index (χ4n) is 2.68. The van der Waals surface area contributed by atoms with Crippen LogP contribution in [0.25, 0.3) is 5.69 Å². The van der Waals surface area contributed by atoms with E-state index in [4.69, 9.17) is 4.42 Å². The van der Waals surface area contributed by atoms with Crippen LogP contribution in [0.1, 0.15) is 33.1 Å². The molecule has 0 aliphatic rings. The van der Waals surface area contributed by atoms with E-state index in [1.54, 1.807) is 12.3 Å². The molecule has 2 aromatic heterocycles. The molecule has 0 unspecified atom stereocenters. The molecule has 23 heavy (non-hydrogen) atoms. The molecule has 3 rings (SSSR count). The van der Waals surface area contributed by atoms with E-state index in [9.17, 15) is 4.79 Å². The summed E-state index contributed by atoms with van der Waals surface area (Å²) in [5.74, 6) is 0.580. The van der Waals surface area contributed by atoms with Crippen molar-refractivity contribution in [2.45, 2.75) is 27.3 Å². The van der Waals surface area contributed by atoms with Gasteiger partial charge in [0.15, 0.2) is 0 Å². The van der Waals surface area contributed by atoms with Gasteiger partial charge in [0, 0.05) is 0 Å². The summed E-state index contributed by atoms with van der Waals surface area (Å²) in [6.07, 6.45) is 1.59. The Morgan fingerprint density at radius 1 is 1.17 bits per heavy atom. The Kier molecular flexibility index (Phi) is 4.02. The third-order valence-electron chi connectivity index (χ3n) is 3.87. The van der Waals surface area contributed by atoms with Gasteiger partial charge in [-0.05, 0) is 44.5 Å². The van der Waals surface area contributed by atoms with E-state index >= 15 is 0 Å². The number of carbonyl (C=O) groups is 1. The van der Waals surface area contributed by atoms with Gasteiger partial charge in [-0.15, -0.1) is 0 Å². The van der Waals surface area contributed by atoms with Crippen LogP contribution in [-0.4, -0.2) is 15.7 Å². The molecular weight excluding hydrogens is 290 g/mol. The zero-order valence-electron chi connectivity index (χ0n) is 13.5. The van der Waals surface area contributed by atoms with E-state index in [-0.39, 0.29) is 5.91 Å². The lowest BCUT2D eigenvalue weighted by atomic mass is 10.1. The Bertz CT molecular complexity index is 832. The van der Waals surface area contributed by atoms with Gasteiger partial charge in [-0.1, -0.05) is 18.2 Å². The van der Waals surface area contributed by atoms with E-state index < -0.39 is 0 Å². The molecular formula is C18H19N3O2. The number of rotatable bonds is 4. The van der Waals surface area contributed by atoms with Crippen LogP contribution < -0.4 is 5.32 Å². The van der Waals surface area contributed by atoms with Crippen molar-refractivity contribution in [3.05, 3.63) is 70.9 Å². The van der Waals surface area contributed by atoms with Crippen LogP contribution in [0.2, 0.25) is 0 Å². The Morgan fingerprint density at radius 3 is 2.65 bits per heavy atom. The van der Waals surface area contributed by atoms with Crippen LogP contribution in [-0.2, 0) is 6.54 Å². The highest BCUT2D eigenvalue weighted by Gasteiger charge is 2.20. The van der Waals surface area contributed by atoms with E-state index in [0.717, 1.165) is 22.7 Å². The lowest BCUT2D eigenvalue weighted by Crippen LogP contribution is -2.23. The Morgan fingerprint density at radius 2 is 1.96 bits per heavy atom.